The van der Waals surface area contributed by atoms with Gasteiger partial charge in [-0.25, -0.2) is 8.42 Å². The summed E-state index contributed by atoms with van der Waals surface area (Å²) in [6.07, 6.45) is 0. The minimum Gasteiger partial charge on any atom is -0.395 e. The third-order valence-electron chi connectivity index (χ3n) is 5.45. The van der Waals surface area contributed by atoms with Crippen molar-refractivity contribution < 1.29 is 13.5 Å². The highest BCUT2D eigenvalue weighted by atomic mass is 35.5. The molecule has 2 saturated heterocycles. The molecule has 0 atom stereocenters. The molecule has 0 unspecified atom stereocenters. The standard InChI is InChI=1S/C18H25ClN6O3S2/c19-15-1-4-18(29-15)30(27,28)25-11-9-24(10-12-25)17-3-2-16(20-21-17)23-7-5-22(6-8-23)13-14-26/h1-4,26H,5-14H2. The summed E-state index contributed by atoms with van der Waals surface area (Å²) >= 11 is 6.98. The van der Waals surface area contributed by atoms with Crippen LogP contribution in [-0.2, 0) is 10.0 Å². The minimum absolute atomic E-state index is 0.185. The first-order valence-corrected chi connectivity index (χ1v) is 12.5. The largest absolute Gasteiger partial charge is 0.395 e. The van der Waals surface area contributed by atoms with Gasteiger partial charge >= 0.3 is 0 Å². The van der Waals surface area contributed by atoms with Crippen molar-refractivity contribution >= 4 is 44.6 Å². The molecule has 0 spiro atoms. The van der Waals surface area contributed by atoms with E-state index in [1.165, 1.54) is 4.31 Å². The SMILES string of the molecule is O=S(=O)(c1ccc(Cl)s1)N1CCN(c2ccc(N3CCN(CCO)CC3)nn2)CC1. The summed E-state index contributed by atoms with van der Waals surface area (Å²) < 4.78 is 27.7. The number of nitrogens with zero attached hydrogens (tertiary/aromatic N) is 6. The van der Waals surface area contributed by atoms with Crippen LogP contribution in [-0.4, -0.2) is 98.4 Å². The van der Waals surface area contributed by atoms with Gasteiger partial charge in [0.25, 0.3) is 10.0 Å². The first kappa shape index (κ1) is 21.7. The fourth-order valence-electron chi connectivity index (χ4n) is 3.72. The molecule has 2 aliphatic rings. The maximum absolute atomic E-state index is 12.7. The lowest BCUT2D eigenvalue weighted by molar-refractivity contribution is 0.188. The molecule has 0 amide bonds. The number of sulfonamides is 1. The van der Waals surface area contributed by atoms with Crippen molar-refractivity contribution in [2.45, 2.75) is 4.21 Å². The van der Waals surface area contributed by atoms with Crippen LogP contribution in [0.25, 0.3) is 0 Å². The number of β-amino-alcohol motifs (C(OH)–C–C–N with tert-alkyl or cyclic N) is 1. The van der Waals surface area contributed by atoms with Crippen LogP contribution < -0.4 is 9.80 Å². The Balaban J connectivity index is 1.33. The molecular weight excluding hydrogens is 448 g/mol. The zero-order valence-electron chi connectivity index (χ0n) is 16.5. The number of thiophene rings is 1. The fourth-order valence-corrected chi connectivity index (χ4v) is 6.78. The molecule has 0 aliphatic carbocycles. The molecule has 0 aromatic carbocycles. The van der Waals surface area contributed by atoms with Crippen LogP contribution >= 0.6 is 22.9 Å². The molecule has 30 heavy (non-hydrogen) atoms. The van der Waals surface area contributed by atoms with E-state index in [1.807, 2.05) is 12.1 Å². The zero-order chi connectivity index (χ0) is 21.1. The van der Waals surface area contributed by atoms with Crippen LogP contribution in [0, 0.1) is 0 Å². The molecule has 4 heterocycles. The molecule has 0 radical (unpaired) electrons. The van der Waals surface area contributed by atoms with E-state index in [1.54, 1.807) is 12.1 Å². The Morgan fingerprint density at radius 2 is 1.47 bits per heavy atom. The van der Waals surface area contributed by atoms with E-state index in [2.05, 4.69) is 24.9 Å². The second-order valence-corrected chi connectivity index (χ2v) is 11.1. The quantitative estimate of drug-likeness (QED) is 0.660. The number of anilines is 2. The van der Waals surface area contributed by atoms with E-state index < -0.39 is 10.0 Å². The van der Waals surface area contributed by atoms with Crippen molar-refractivity contribution in [1.29, 1.82) is 0 Å². The third kappa shape index (κ3) is 4.71. The molecule has 4 rings (SSSR count). The van der Waals surface area contributed by atoms with Gasteiger partial charge in [-0.3, -0.25) is 4.90 Å². The van der Waals surface area contributed by atoms with E-state index in [-0.39, 0.29) is 10.8 Å². The van der Waals surface area contributed by atoms with Gasteiger partial charge in [-0.1, -0.05) is 11.6 Å². The average Bonchev–Trinajstić information content (AvgIpc) is 3.22. The highest BCUT2D eigenvalue weighted by molar-refractivity contribution is 7.91. The maximum atomic E-state index is 12.7. The predicted octanol–water partition coefficient (Wildman–Crippen LogP) is 0.817. The molecule has 2 aliphatic heterocycles. The summed E-state index contributed by atoms with van der Waals surface area (Å²) in [5, 5.41) is 17.8. The van der Waals surface area contributed by atoms with E-state index in [0.717, 1.165) is 49.2 Å². The van der Waals surface area contributed by atoms with Crippen LogP contribution in [0.5, 0.6) is 0 Å². The molecule has 12 heteroatoms. The Morgan fingerprint density at radius 1 is 0.900 bits per heavy atom. The van der Waals surface area contributed by atoms with E-state index >= 15 is 0 Å². The van der Waals surface area contributed by atoms with Gasteiger partial charge < -0.3 is 14.9 Å². The zero-order valence-corrected chi connectivity index (χ0v) is 18.9. The topological polar surface area (TPSA) is 93.1 Å². The molecular formula is C18H25ClN6O3S2. The lowest BCUT2D eigenvalue weighted by Gasteiger charge is -2.35. The predicted molar refractivity (Wildman–Crippen MR) is 118 cm³/mol. The molecule has 164 valence electrons. The van der Waals surface area contributed by atoms with Crippen molar-refractivity contribution in [1.82, 2.24) is 19.4 Å². The Morgan fingerprint density at radius 3 is 1.93 bits per heavy atom. The number of halogens is 1. The number of aliphatic hydroxyl groups is 1. The van der Waals surface area contributed by atoms with Gasteiger partial charge in [0.05, 0.1) is 10.9 Å². The number of hydrogen-bond acceptors (Lipinski definition) is 9. The average molecular weight is 473 g/mol. The van der Waals surface area contributed by atoms with Crippen LogP contribution in [0.1, 0.15) is 0 Å². The van der Waals surface area contributed by atoms with E-state index in [0.29, 0.717) is 37.1 Å². The number of rotatable bonds is 6. The van der Waals surface area contributed by atoms with E-state index in [4.69, 9.17) is 16.7 Å². The Bertz CT molecular complexity index is 939. The molecule has 2 aromatic rings. The van der Waals surface area contributed by atoms with Gasteiger partial charge in [0.15, 0.2) is 11.6 Å². The lowest BCUT2D eigenvalue weighted by Crippen LogP contribution is -2.49. The molecule has 1 N–H and O–H groups in total. The van der Waals surface area contributed by atoms with Crippen molar-refractivity contribution in [3.05, 3.63) is 28.6 Å². The molecule has 0 saturated carbocycles. The first-order valence-electron chi connectivity index (χ1n) is 9.90. The summed E-state index contributed by atoms with van der Waals surface area (Å²) in [7, 11) is -3.50. The molecule has 2 aromatic heterocycles. The van der Waals surface area contributed by atoms with Gasteiger partial charge in [-0.15, -0.1) is 21.5 Å². The van der Waals surface area contributed by atoms with Crippen LogP contribution in [0.2, 0.25) is 4.34 Å². The molecule has 2 fully saturated rings. The first-order chi connectivity index (χ1) is 14.5. The second-order valence-electron chi connectivity index (χ2n) is 7.25. The smallest absolute Gasteiger partial charge is 0.252 e. The van der Waals surface area contributed by atoms with Gasteiger partial charge in [-0.2, -0.15) is 4.31 Å². The maximum Gasteiger partial charge on any atom is 0.252 e. The molecule has 9 nitrogen and oxygen atoms in total. The summed E-state index contributed by atoms with van der Waals surface area (Å²) in [6, 6.07) is 7.09. The third-order valence-corrected chi connectivity index (χ3v) is 9.05. The Kier molecular flexibility index (Phi) is 6.75. The van der Waals surface area contributed by atoms with Crippen LogP contribution in [0.3, 0.4) is 0 Å². The van der Waals surface area contributed by atoms with E-state index in [9.17, 15) is 8.42 Å². The normalized spacial score (nSPS) is 19.4. The van der Waals surface area contributed by atoms with Crippen molar-refractivity contribution in [3.8, 4) is 0 Å². The number of aromatic nitrogens is 2. The van der Waals surface area contributed by atoms with Crippen LogP contribution in [0.4, 0.5) is 11.6 Å². The van der Waals surface area contributed by atoms with Gasteiger partial charge in [0.2, 0.25) is 0 Å². The van der Waals surface area contributed by atoms with Gasteiger partial charge in [0.1, 0.15) is 4.21 Å². The van der Waals surface area contributed by atoms with Crippen molar-refractivity contribution in [2.75, 3.05) is 75.3 Å². The second kappa shape index (κ2) is 9.33. The fraction of sp³-hybridized carbons (Fsp3) is 0.556. The molecule has 0 bridgehead atoms. The monoisotopic (exact) mass is 472 g/mol. The Hall–Kier alpha value is -1.50. The minimum atomic E-state index is -3.50. The Labute approximate surface area is 185 Å². The van der Waals surface area contributed by atoms with Crippen LogP contribution in [0.15, 0.2) is 28.5 Å². The highest BCUT2D eigenvalue weighted by Gasteiger charge is 2.30. The number of aliphatic hydroxyl groups excluding tert-OH is 1. The summed E-state index contributed by atoms with van der Waals surface area (Å²) in [6.45, 7) is 6.32. The lowest BCUT2D eigenvalue weighted by atomic mass is 10.3. The van der Waals surface area contributed by atoms with Gasteiger partial charge in [-0.05, 0) is 24.3 Å². The summed E-state index contributed by atoms with van der Waals surface area (Å²) in [4.78, 5) is 6.49. The number of piperazine rings is 2. The highest BCUT2D eigenvalue weighted by Crippen LogP contribution is 2.29. The summed E-state index contributed by atoms with van der Waals surface area (Å²) in [5.74, 6) is 1.60. The van der Waals surface area contributed by atoms with Crippen molar-refractivity contribution in [3.63, 3.8) is 0 Å². The number of hydrogen-bond donors (Lipinski definition) is 1. The summed E-state index contributed by atoms with van der Waals surface area (Å²) in [5.41, 5.74) is 0. The van der Waals surface area contributed by atoms with Crippen molar-refractivity contribution in [2.24, 2.45) is 0 Å². The van der Waals surface area contributed by atoms with Gasteiger partial charge in [0, 0.05) is 58.9 Å².